The summed E-state index contributed by atoms with van der Waals surface area (Å²) in [5, 5.41) is 9.60. The van der Waals surface area contributed by atoms with E-state index in [1.165, 1.54) is 0 Å². The summed E-state index contributed by atoms with van der Waals surface area (Å²) >= 11 is 0. The molecule has 8 heteroatoms. The molecule has 1 amide bonds. The van der Waals surface area contributed by atoms with Gasteiger partial charge in [-0.1, -0.05) is 0 Å². The second kappa shape index (κ2) is 6.41. The van der Waals surface area contributed by atoms with E-state index >= 15 is 0 Å². The van der Waals surface area contributed by atoms with Gasteiger partial charge in [0.2, 0.25) is 17.7 Å². The number of carbonyl (C=O) groups excluding carboxylic acids is 1. The van der Waals surface area contributed by atoms with E-state index in [1.807, 2.05) is 0 Å². The van der Waals surface area contributed by atoms with E-state index < -0.39 is 12.0 Å². The van der Waals surface area contributed by atoms with Crippen molar-refractivity contribution in [2.45, 2.75) is 38.1 Å². The fraction of sp³-hybridized carbons (Fsp3) is 0.667. The normalized spacial score (nSPS) is 24.7. The summed E-state index contributed by atoms with van der Waals surface area (Å²) in [4.78, 5) is 36.7. The number of methoxy groups -OCH3 is 1. The quantitative estimate of drug-likeness (QED) is 0.861. The Hall–Kier alpha value is -2.38. The number of hydrogen-bond acceptors (Lipinski definition) is 6. The lowest BCUT2D eigenvalue weighted by molar-refractivity contribution is -0.148. The summed E-state index contributed by atoms with van der Waals surface area (Å²) in [5.74, 6) is 0.376. The van der Waals surface area contributed by atoms with Crippen LogP contribution in [-0.4, -0.2) is 64.6 Å². The Labute approximate surface area is 152 Å². The number of rotatable bonds is 4. The zero-order valence-corrected chi connectivity index (χ0v) is 14.9. The van der Waals surface area contributed by atoms with Crippen LogP contribution >= 0.6 is 0 Å². The van der Waals surface area contributed by atoms with Gasteiger partial charge in [0.15, 0.2) is 0 Å². The second-order valence-electron chi connectivity index (χ2n) is 7.68. The molecule has 3 fully saturated rings. The van der Waals surface area contributed by atoms with Crippen LogP contribution in [0.15, 0.2) is 12.3 Å². The molecular formula is C18H24N4O4. The smallest absolute Gasteiger partial charge is 0.326 e. The Morgan fingerprint density at radius 3 is 2.65 bits per heavy atom. The highest BCUT2D eigenvalue weighted by molar-refractivity contribution is 5.87. The largest absolute Gasteiger partial charge is 0.481 e. The predicted octanol–water partition coefficient (Wildman–Crippen LogP) is 1.17. The van der Waals surface area contributed by atoms with Gasteiger partial charge in [-0.05, 0) is 37.5 Å². The van der Waals surface area contributed by atoms with Gasteiger partial charge in [0.1, 0.15) is 6.04 Å². The molecule has 1 aliphatic carbocycles. The van der Waals surface area contributed by atoms with Gasteiger partial charge < -0.3 is 19.6 Å². The van der Waals surface area contributed by atoms with Gasteiger partial charge in [-0.15, -0.1) is 0 Å². The summed E-state index contributed by atoms with van der Waals surface area (Å²) in [6, 6.07) is 1.03. The van der Waals surface area contributed by atoms with Crippen molar-refractivity contribution >= 4 is 17.8 Å². The van der Waals surface area contributed by atoms with Crippen LogP contribution < -0.4 is 9.64 Å². The van der Waals surface area contributed by atoms with Crippen LogP contribution in [0.25, 0.3) is 0 Å². The number of nitrogens with zero attached hydrogens (tertiary/aromatic N) is 4. The molecule has 1 N–H and O–H groups in total. The van der Waals surface area contributed by atoms with E-state index in [0.717, 1.165) is 38.8 Å². The molecule has 26 heavy (non-hydrogen) atoms. The minimum atomic E-state index is -0.880. The maximum absolute atomic E-state index is 12.5. The Bertz CT molecular complexity index is 713. The molecule has 0 aromatic carbocycles. The van der Waals surface area contributed by atoms with Crippen LogP contribution in [0, 0.1) is 11.3 Å². The van der Waals surface area contributed by atoms with Gasteiger partial charge in [0.25, 0.3) is 0 Å². The minimum Gasteiger partial charge on any atom is -0.481 e. The third kappa shape index (κ3) is 3.08. The molecule has 2 aliphatic heterocycles. The second-order valence-corrected chi connectivity index (χ2v) is 7.68. The molecule has 1 saturated carbocycles. The SMILES string of the molecule is COc1ccnc(N2CCC3(CC2)C[C@H](C(=O)O)N(C(=O)C2CC2)C3)n1. The molecule has 1 aromatic heterocycles. The Kier molecular flexibility index (Phi) is 4.20. The van der Waals surface area contributed by atoms with Gasteiger partial charge >= 0.3 is 5.97 Å². The van der Waals surface area contributed by atoms with Crippen molar-refractivity contribution in [2.75, 3.05) is 31.6 Å². The highest BCUT2D eigenvalue weighted by Gasteiger charge is 2.51. The van der Waals surface area contributed by atoms with E-state index in [4.69, 9.17) is 4.74 Å². The standard InChI is InChI=1S/C18H24N4O4/c1-26-14-4-7-19-17(20-14)21-8-5-18(6-9-21)10-13(16(24)25)22(11-18)15(23)12-2-3-12/h4,7,12-13H,2-3,5-6,8-11H2,1H3,(H,24,25)/t13-/m1/s1. The molecule has 140 valence electrons. The lowest BCUT2D eigenvalue weighted by Crippen LogP contribution is -2.43. The van der Waals surface area contributed by atoms with Gasteiger partial charge in [-0.2, -0.15) is 4.98 Å². The van der Waals surface area contributed by atoms with E-state index in [2.05, 4.69) is 14.9 Å². The fourth-order valence-corrected chi connectivity index (χ4v) is 4.22. The van der Waals surface area contributed by atoms with Crippen LogP contribution in [0.1, 0.15) is 32.1 Å². The number of carboxylic acids is 1. The van der Waals surface area contributed by atoms with Crippen LogP contribution in [0.5, 0.6) is 5.88 Å². The monoisotopic (exact) mass is 360 g/mol. The first-order valence-corrected chi connectivity index (χ1v) is 9.17. The number of carboxylic acid groups (broad SMARTS) is 1. The van der Waals surface area contributed by atoms with Crippen LogP contribution in [0.2, 0.25) is 0 Å². The Balaban J connectivity index is 1.45. The van der Waals surface area contributed by atoms with E-state index in [9.17, 15) is 14.7 Å². The first-order valence-electron chi connectivity index (χ1n) is 9.17. The number of likely N-dealkylation sites (tertiary alicyclic amines) is 1. The number of amides is 1. The van der Waals surface area contributed by atoms with E-state index in [1.54, 1.807) is 24.3 Å². The molecular weight excluding hydrogens is 336 g/mol. The molecule has 0 unspecified atom stereocenters. The number of anilines is 1. The lowest BCUT2D eigenvalue weighted by Gasteiger charge is -2.39. The van der Waals surface area contributed by atoms with Crippen molar-refractivity contribution in [1.82, 2.24) is 14.9 Å². The van der Waals surface area contributed by atoms with Crippen molar-refractivity contribution in [3.8, 4) is 5.88 Å². The van der Waals surface area contributed by atoms with Crippen molar-refractivity contribution < 1.29 is 19.4 Å². The van der Waals surface area contributed by atoms with Gasteiger partial charge in [0, 0.05) is 37.8 Å². The molecule has 1 aromatic rings. The summed E-state index contributed by atoms with van der Waals surface area (Å²) in [5.41, 5.74) is -0.108. The number of carbonyl (C=O) groups is 2. The maximum atomic E-state index is 12.5. The highest BCUT2D eigenvalue weighted by Crippen LogP contribution is 2.45. The molecule has 3 aliphatic rings. The van der Waals surface area contributed by atoms with Gasteiger partial charge in [-0.3, -0.25) is 4.79 Å². The minimum absolute atomic E-state index is 0.0350. The van der Waals surface area contributed by atoms with E-state index in [-0.39, 0.29) is 17.2 Å². The topological polar surface area (TPSA) is 95.9 Å². The molecule has 4 rings (SSSR count). The van der Waals surface area contributed by atoms with E-state index in [0.29, 0.717) is 24.8 Å². The first kappa shape index (κ1) is 17.1. The average molecular weight is 360 g/mol. The molecule has 2 saturated heterocycles. The summed E-state index contributed by atoms with van der Waals surface area (Å²) in [7, 11) is 1.58. The third-order valence-electron chi connectivity index (χ3n) is 5.94. The predicted molar refractivity (Wildman–Crippen MR) is 92.9 cm³/mol. The Morgan fingerprint density at radius 2 is 2.04 bits per heavy atom. The maximum Gasteiger partial charge on any atom is 0.326 e. The number of aromatic nitrogens is 2. The zero-order chi connectivity index (χ0) is 18.3. The van der Waals surface area contributed by atoms with Crippen LogP contribution in [0.3, 0.4) is 0 Å². The number of ether oxygens (including phenoxy) is 1. The summed E-state index contributed by atoms with van der Waals surface area (Å²) < 4.78 is 5.16. The highest BCUT2D eigenvalue weighted by atomic mass is 16.5. The number of piperidine rings is 1. The fourth-order valence-electron chi connectivity index (χ4n) is 4.22. The molecule has 1 spiro atoms. The molecule has 1 atom stereocenters. The summed E-state index contributed by atoms with van der Waals surface area (Å²) in [6.45, 7) is 2.07. The molecule has 3 heterocycles. The molecule has 0 bridgehead atoms. The summed E-state index contributed by atoms with van der Waals surface area (Å²) in [6.07, 6.45) is 5.70. The lowest BCUT2D eigenvalue weighted by atomic mass is 9.76. The molecule has 0 radical (unpaired) electrons. The zero-order valence-electron chi connectivity index (χ0n) is 14.9. The Morgan fingerprint density at radius 1 is 1.31 bits per heavy atom. The third-order valence-corrected chi connectivity index (χ3v) is 5.94. The number of aliphatic carboxylic acids is 1. The van der Waals surface area contributed by atoms with Crippen LogP contribution in [-0.2, 0) is 9.59 Å². The van der Waals surface area contributed by atoms with Crippen LogP contribution in [0.4, 0.5) is 5.95 Å². The average Bonchev–Trinajstić information content (AvgIpc) is 3.44. The van der Waals surface area contributed by atoms with Gasteiger partial charge in [-0.25, -0.2) is 9.78 Å². The first-order chi connectivity index (χ1) is 12.5. The number of hydrogen-bond donors (Lipinski definition) is 1. The van der Waals surface area contributed by atoms with Crippen molar-refractivity contribution in [2.24, 2.45) is 11.3 Å². The van der Waals surface area contributed by atoms with Crippen molar-refractivity contribution in [1.29, 1.82) is 0 Å². The van der Waals surface area contributed by atoms with Crippen molar-refractivity contribution in [3.63, 3.8) is 0 Å². The van der Waals surface area contributed by atoms with Gasteiger partial charge in [0.05, 0.1) is 7.11 Å². The molecule has 8 nitrogen and oxygen atoms in total. The van der Waals surface area contributed by atoms with Crippen molar-refractivity contribution in [3.05, 3.63) is 12.3 Å².